The fourth-order valence-electron chi connectivity index (χ4n) is 8.84. The van der Waals surface area contributed by atoms with E-state index in [1.54, 1.807) is 0 Å². The number of fused-ring (bicyclic) bond motifs is 2. The van der Waals surface area contributed by atoms with Gasteiger partial charge in [-0.25, -0.2) is 4.57 Å². The molecule has 0 aliphatic carbocycles. The van der Waals surface area contributed by atoms with Gasteiger partial charge >= 0.3 is 0 Å². The molecule has 0 spiro atoms. The molecule has 266 valence electrons. The topological polar surface area (TPSA) is 17.6 Å². The number of hydrogen-bond donors (Lipinski definition) is 0. The van der Waals surface area contributed by atoms with Crippen LogP contribution in [-0.2, 0) is 40.0 Å². The molecule has 0 fully saturated rings. The molecule has 0 atom stereocenters. The van der Waals surface area contributed by atoms with Gasteiger partial charge in [-0.3, -0.25) is 0 Å². The summed E-state index contributed by atoms with van der Waals surface area (Å²) in [7, 11) is 4.38. The van der Waals surface area contributed by atoms with Crippen LogP contribution in [0.2, 0.25) is 0 Å². The van der Waals surface area contributed by atoms with Gasteiger partial charge in [0.05, 0.1) is 0 Å². The molecular weight excluding hydrogens is 633 g/mol. The lowest BCUT2D eigenvalue weighted by molar-refractivity contribution is -0.700. The molecule has 0 aliphatic heterocycles. The lowest BCUT2D eigenvalue weighted by Crippen LogP contribution is -2.43. The average Bonchev–Trinajstić information content (AvgIpc) is 3.55. The van der Waals surface area contributed by atoms with Gasteiger partial charge in [0.2, 0.25) is 0 Å². The number of pyridine rings is 2. The van der Waals surface area contributed by atoms with Crippen molar-refractivity contribution in [2.45, 2.75) is 95.2 Å². The van der Waals surface area contributed by atoms with Gasteiger partial charge in [0.15, 0.2) is 29.3 Å². The van der Waals surface area contributed by atoms with Crippen LogP contribution in [-0.4, -0.2) is 9.13 Å². The third kappa shape index (κ3) is 5.77. The quantitative estimate of drug-likeness (QED) is 0.142. The van der Waals surface area contributed by atoms with Crippen molar-refractivity contribution in [3.8, 4) is 0 Å². The van der Waals surface area contributed by atoms with E-state index in [0.717, 1.165) is 25.9 Å². The first-order valence-corrected chi connectivity index (χ1v) is 18.9. The number of para-hydroxylation sites is 2. The van der Waals surface area contributed by atoms with E-state index in [2.05, 4.69) is 174 Å². The van der Waals surface area contributed by atoms with Crippen LogP contribution in [0.15, 0.2) is 72.8 Å². The summed E-state index contributed by atoms with van der Waals surface area (Å²) in [6.45, 7) is 24.6. The van der Waals surface area contributed by atoms with Gasteiger partial charge in [-0.05, 0) is 87.9 Å². The maximum atomic E-state index is 2.52. The molecule has 0 radical (unpaired) electrons. The minimum Gasteiger partial charge on any atom is -0.348 e. The number of rotatable bonds is 8. The Morgan fingerprint density at radius 1 is 0.481 bits per heavy atom. The minimum absolute atomic E-state index is 0.856. The third-order valence-electron chi connectivity index (χ3n) is 13.1. The van der Waals surface area contributed by atoms with E-state index in [4.69, 9.17) is 0 Å². The smallest absolute Gasteiger partial charge is 0.181 e. The largest absolute Gasteiger partial charge is 0.348 e. The van der Waals surface area contributed by atoms with E-state index in [-0.39, 0.29) is 0 Å². The molecule has 4 heterocycles. The fraction of sp³-hybridized carbons (Fsp3) is 0.333. The first-order valence-electron chi connectivity index (χ1n) is 18.9. The highest BCUT2D eigenvalue weighted by molar-refractivity contribution is 5.89. The Morgan fingerprint density at radius 2 is 0.923 bits per heavy atom. The van der Waals surface area contributed by atoms with Crippen LogP contribution in [0, 0.1) is 69.2 Å². The molecule has 4 aromatic heterocycles. The normalized spacial score (nSPS) is 11.8. The zero-order valence-electron chi connectivity index (χ0n) is 33.5. The highest BCUT2D eigenvalue weighted by atomic mass is 15.0. The van der Waals surface area contributed by atoms with Crippen molar-refractivity contribution in [2.75, 3.05) is 0 Å². The highest BCUT2D eigenvalue weighted by Crippen LogP contribution is 2.33. The van der Waals surface area contributed by atoms with Crippen molar-refractivity contribution in [3.63, 3.8) is 0 Å². The summed E-state index contributed by atoms with van der Waals surface area (Å²) in [6, 6.07) is 27.1. The molecule has 0 bridgehead atoms. The zero-order valence-corrected chi connectivity index (χ0v) is 33.5. The average molecular weight is 689 g/mol. The summed E-state index contributed by atoms with van der Waals surface area (Å²) in [4.78, 5) is 0. The predicted octanol–water partition coefficient (Wildman–Crippen LogP) is 9.61. The summed E-state index contributed by atoms with van der Waals surface area (Å²) in [6.07, 6.45) is 1.91. The van der Waals surface area contributed by atoms with Gasteiger partial charge in [-0.15, -0.1) is 0 Å². The molecule has 52 heavy (non-hydrogen) atoms. The van der Waals surface area contributed by atoms with Crippen LogP contribution in [0.5, 0.6) is 0 Å². The standard InChI is InChI=1S/C48H56N4/c1-29-33(5)49(11)34(6)30(2)43(29)25-44-31(3)35(7)51(36(8)32(44)4)27-39-21-23-40(24-22-39)28-52-38(10)46(42-18-14-16-20-48(42)52)26-45-37(9)50(12)47-19-15-13-17-41(45)47/h13-24H,25-28H2,1-12H3/q+2. The molecule has 0 N–H and O–H groups in total. The maximum Gasteiger partial charge on any atom is 0.181 e. The SMILES string of the molecule is Cc1c(Cc2c(C)c(C)[n+](Cc3ccc(Cn4c(C)c(Cc5c(C)n(C)c6ccccc56)c5ccccc54)cc3)c(C)c2C)c(C)c(C)[n+](C)c1C. The zero-order chi connectivity index (χ0) is 37.2. The van der Waals surface area contributed by atoms with E-state index in [1.165, 1.54) is 112 Å². The van der Waals surface area contributed by atoms with Crippen molar-refractivity contribution in [2.24, 2.45) is 14.1 Å². The maximum absolute atomic E-state index is 2.52. The number of aromatic nitrogens is 4. The third-order valence-corrected chi connectivity index (χ3v) is 13.1. The van der Waals surface area contributed by atoms with Crippen LogP contribution in [0.1, 0.15) is 89.8 Å². The number of aryl methyl sites for hydroxylation is 1. The lowest BCUT2D eigenvalue weighted by Gasteiger charge is -2.19. The van der Waals surface area contributed by atoms with E-state index in [1.807, 2.05) is 0 Å². The van der Waals surface area contributed by atoms with Crippen molar-refractivity contribution in [1.82, 2.24) is 9.13 Å². The molecule has 4 heteroatoms. The lowest BCUT2D eigenvalue weighted by atomic mass is 9.89. The molecule has 7 rings (SSSR count). The van der Waals surface area contributed by atoms with Crippen molar-refractivity contribution in [3.05, 3.63) is 163 Å². The molecule has 0 saturated carbocycles. The summed E-state index contributed by atoms with van der Waals surface area (Å²) in [5.74, 6) is 0. The second-order valence-electron chi connectivity index (χ2n) is 15.4. The second kappa shape index (κ2) is 13.5. The van der Waals surface area contributed by atoms with E-state index >= 15 is 0 Å². The van der Waals surface area contributed by atoms with Crippen LogP contribution in [0.3, 0.4) is 0 Å². The van der Waals surface area contributed by atoms with Crippen LogP contribution in [0.25, 0.3) is 21.8 Å². The molecular formula is C48H56N4+2. The van der Waals surface area contributed by atoms with Gasteiger partial charge in [0.1, 0.15) is 7.05 Å². The molecule has 7 aromatic rings. The Bertz CT molecular complexity index is 2460. The van der Waals surface area contributed by atoms with E-state index in [9.17, 15) is 0 Å². The van der Waals surface area contributed by atoms with E-state index in [0.29, 0.717) is 0 Å². The Kier molecular flexibility index (Phi) is 9.23. The Balaban J connectivity index is 1.16. The first-order chi connectivity index (χ1) is 24.8. The summed E-state index contributed by atoms with van der Waals surface area (Å²) in [5, 5.41) is 2.72. The van der Waals surface area contributed by atoms with Gasteiger partial charge in [-0.1, -0.05) is 60.7 Å². The molecule has 0 saturated heterocycles. The molecule has 0 unspecified atom stereocenters. The van der Waals surface area contributed by atoms with Crippen LogP contribution in [0.4, 0.5) is 0 Å². The van der Waals surface area contributed by atoms with Gasteiger partial charge < -0.3 is 9.13 Å². The summed E-state index contributed by atoms with van der Waals surface area (Å²) >= 11 is 0. The number of nitrogens with zero attached hydrogens (tertiary/aromatic N) is 4. The van der Waals surface area contributed by atoms with Crippen molar-refractivity contribution in [1.29, 1.82) is 0 Å². The Morgan fingerprint density at radius 3 is 1.50 bits per heavy atom. The number of benzene rings is 3. The minimum atomic E-state index is 0.856. The Labute approximate surface area is 311 Å². The number of hydrogen-bond acceptors (Lipinski definition) is 0. The monoisotopic (exact) mass is 688 g/mol. The molecule has 0 amide bonds. The highest BCUT2D eigenvalue weighted by Gasteiger charge is 2.26. The molecule has 0 aliphatic rings. The van der Waals surface area contributed by atoms with Crippen LogP contribution >= 0.6 is 0 Å². The fourth-order valence-corrected chi connectivity index (χ4v) is 8.84. The summed E-state index contributed by atoms with van der Waals surface area (Å²) in [5.41, 5.74) is 24.9. The second-order valence-corrected chi connectivity index (χ2v) is 15.4. The molecule has 3 aromatic carbocycles. The first kappa shape index (κ1) is 35.4. The van der Waals surface area contributed by atoms with Gasteiger partial charge in [-0.2, -0.15) is 4.57 Å². The van der Waals surface area contributed by atoms with Crippen molar-refractivity contribution < 1.29 is 9.13 Å². The predicted molar refractivity (Wildman–Crippen MR) is 217 cm³/mol. The molecule has 4 nitrogen and oxygen atoms in total. The van der Waals surface area contributed by atoms with E-state index < -0.39 is 0 Å². The van der Waals surface area contributed by atoms with Crippen molar-refractivity contribution >= 4 is 21.8 Å². The van der Waals surface area contributed by atoms with Gasteiger partial charge in [0.25, 0.3) is 0 Å². The summed E-state index contributed by atoms with van der Waals surface area (Å²) < 4.78 is 9.72. The van der Waals surface area contributed by atoms with Crippen LogP contribution < -0.4 is 9.13 Å². The Hall–Kier alpha value is -4.96. The van der Waals surface area contributed by atoms with Gasteiger partial charge in [0, 0.05) is 109 Å².